The van der Waals surface area contributed by atoms with Gasteiger partial charge in [-0.1, -0.05) is 43.9 Å². The van der Waals surface area contributed by atoms with Gasteiger partial charge in [0.1, 0.15) is 0 Å². The molecule has 1 aromatic carbocycles. The molecule has 3 atom stereocenters. The minimum absolute atomic E-state index is 0.236. The van der Waals surface area contributed by atoms with Crippen LogP contribution in [0, 0.1) is 12.8 Å². The Morgan fingerprint density at radius 3 is 2.33 bits per heavy atom. The normalized spacial score (nSPS) is 35.3. The van der Waals surface area contributed by atoms with Crippen molar-refractivity contribution in [2.24, 2.45) is 5.92 Å². The first kappa shape index (κ1) is 13.2. The summed E-state index contributed by atoms with van der Waals surface area (Å²) in [6, 6.07) is 9.36. The van der Waals surface area contributed by atoms with Crippen LogP contribution in [0.1, 0.15) is 74.8 Å². The van der Waals surface area contributed by atoms with Crippen LogP contribution in [-0.2, 0) is 0 Å². The molecule has 2 heteroatoms. The molecule has 2 aliphatic carbocycles. The summed E-state index contributed by atoms with van der Waals surface area (Å²) in [6.45, 7) is 2.39. The lowest BCUT2D eigenvalue weighted by molar-refractivity contribution is 0.0985. The van der Waals surface area contributed by atoms with E-state index >= 15 is 0 Å². The zero-order valence-corrected chi connectivity index (χ0v) is 15.2. The highest BCUT2D eigenvalue weighted by atomic mass is 15.5. The Labute approximate surface area is 152 Å². The Bertz CT molecular complexity index is 647. The van der Waals surface area contributed by atoms with Crippen molar-refractivity contribution < 1.29 is 4.11 Å². The predicted octanol–water partition coefficient (Wildman–Crippen LogP) is 5.35. The summed E-state index contributed by atoms with van der Waals surface area (Å²) in [6.07, 6.45) is 9.41. The van der Waals surface area contributed by atoms with Crippen molar-refractivity contribution in [3.63, 3.8) is 0 Å². The third-order valence-corrected chi connectivity index (χ3v) is 6.85. The second-order valence-corrected chi connectivity index (χ2v) is 8.23. The van der Waals surface area contributed by atoms with Gasteiger partial charge in [0.25, 0.3) is 0 Å². The van der Waals surface area contributed by atoms with Gasteiger partial charge in [-0.05, 0) is 63.9 Å². The molecule has 2 nitrogen and oxygen atoms in total. The maximum atomic E-state index is 8.47. The minimum atomic E-state index is -2.01. The number of rotatable bonds is 3. The van der Waals surface area contributed by atoms with Crippen LogP contribution in [0.3, 0.4) is 0 Å². The molecule has 0 N–H and O–H groups in total. The number of para-hydroxylation sites is 1. The molecule has 4 rings (SSSR count). The number of hydrogen-bond acceptors (Lipinski definition) is 2. The van der Waals surface area contributed by atoms with Crippen molar-refractivity contribution in [3.05, 3.63) is 29.8 Å². The summed E-state index contributed by atoms with van der Waals surface area (Å²) in [5, 5.41) is 0. The van der Waals surface area contributed by atoms with Crippen molar-refractivity contribution in [2.75, 3.05) is 4.90 Å². The van der Waals surface area contributed by atoms with Crippen LogP contribution in [0.25, 0.3) is 0 Å². The van der Waals surface area contributed by atoms with Crippen molar-refractivity contribution >= 4 is 5.69 Å². The standard InChI is InChI=1S/C22H34N2/c1-16-10-4-9-15-21(16)23-17(2)22(19-11-5-6-12-19)24(18(23)3)20-13-7-8-14-20/h4,9-10,15,17-20,22H,5-8,11-14H2,1-3H3/t17-,18?,22?/m0/s1/i3D3. The van der Waals surface area contributed by atoms with Gasteiger partial charge >= 0.3 is 0 Å². The van der Waals surface area contributed by atoms with E-state index in [0.29, 0.717) is 18.0 Å². The Hall–Kier alpha value is -1.02. The van der Waals surface area contributed by atoms with Crippen LogP contribution < -0.4 is 4.90 Å². The van der Waals surface area contributed by atoms with Crippen LogP contribution in [0.15, 0.2) is 24.3 Å². The number of anilines is 1. The molecule has 0 aromatic heterocycles. The maximum Gasteiger partial charge on any atom is 0.0801 e. The molecular formula is C22H34N2. The average molecular weight is 330 g/mol. The quantitative estimate of drug-likeness (QED) is 0.737. The van der Waals surface area contributed by atoms with Gasteiger partial charge in [-0.15, -0.1) is 0 Å². The molecule has 2 saturated carbocycles. The number of benzene rings is 1. The zero-order valence-electron chi connectivity index (χ0n) is 18.2. The van der Waals surface area contributed by atoms with Gasteiger partial charge in [-0.2, -0.15) is 0 Å². The van der Waals surface area contributed by atoms with Crippen LogP contribution in [0.5, 0.6) is 0 Å². The third kappa shape index (κ3) is 2.67. The fourth-order valence-corrected chi connectivity index (χ4v) is 5.73. The lowest BCUT2D eigenvalue weighted by Gasteiger charge is -2.37. The Morgan fingerprint density at radius 2 is 1.67 bits per heavy atom. The van der Waals surface area contributed by atoms with E-state index in [1.165, 1.54) is 44.1 Å². The van der Waals surface area contributed by atoms with Gasteiger partial charge in [0, 0.05) is 27.9 Å². The van der Waals surface area contributed by atoms with Gasteiger partial charge in [0.2, 0.25) is 0 Å². The van der Waals surface area contributed by atoms with Gasteiger partial charge in [-0.3, -0.25) is 4.90 Å². The summed E-state index contributed by atoms with van der Waals surface area (Å²) in [7, 11) is 0. The van der Waals surface area contributed by atoms with E-state index in [2.05, 4.69) is 41.8 Å². The van der Waals surface area contributed by atoms with Crippen molar-refractivity contribution in [1.29, 1.82) is 0 Å². The minimum Gasteiger partial charge on any atom is -0.352 e. The van der Waals surface area contributed by atoms with E-state index in [1.807, 2.05) is 6.07 Å². The number of aryl methyl sites for hydroxylation is 1. The van der Waals surface area contributed by atoms with E-state index in [-0.39, 0.29) is 6.04 Å². The van der Waals surface area contributed by atoms with Crippen molar-refractivity contribution in [1.82, 2.24) is 4.90 Å². The van der Waals surface area contributed by atoms with E-state index in [1.54, 1.807) is 0 Å². The molecule has 3 fully saturated rings. The molecule has 132 valence electrons. The molecule has 0 bridgehead atoms. The van der Waals surface area contributed by atoms with Gasteiger partial charge in [0.15, 0.2) is 0 Å². The first-order valence-corrected chi connectivity index (χ1v) is 10.0. The first-order chi connectivity index (χ1) is 12.9. The smallest absolute Gasteiger partial charge is 0.0801 e. The molecule has 1 aromatic rings. The predicted molar refractivity (Wildman–Crippen MR) is 102 cm³/mol. The average Bonchev–Trinajstić information content (AvgIpc) is 3.34. The van der Waals surface area contributed by atoms with E-state index < -0.39 is 13.0 Å². The van der Waals surface area contributed by atoms with Crippen molar-refractivity contribution in [2.45, 2.75) is 96.4 Å². The maximum absolute atomic E-state index is 8.47. The number of nitrogens with zero attached hydrogens (tertiary/aromatic N) is 2. The van der Waals surface area contributed by atoms with Crippen LogP contribution in [0.2, 0.25) is 0 Å². The second-order valence-electron chi connectivity index (χ2n) is 8.23. The summed E-state index contributed by atoms with van der Waals surface area (Å²) < 4.78 is 25.4. The summed E-state index contributed by atoms with van der Waals surface area (Å²) in [4.78, 5) is 4.75. The first-order valence-electron chi connectivity index (χ1n) is 11.5. The molecule has 2 unspecified atom stereocenters. The zero-order chi connectivity index (χ0) is 19.2. The number of hydrogen-bond donors (Lipinski definition) is 0. The summed E-state index contributed by atoms with van der Waals surface area (Å²) in [5.74, 6) is 0.638. The molecule has 0 radical (unpaired) electrons. The molecule has 1 saturated heterocycles. The van der Waals surface area contributed by atoms with Crippen molar-refractivity contribution in [3.8, 4) is 0 Å². The SMILES string of the molecule is [2H]C([2H])([2H])C1N(C2CCCC2)C(C2CCCC2)[C@H](C)N1c1ccccc1C. The highest BCUT2D eigenvalue weighted by molar-refractivity contribution is 5.56. The molecule has 24 heavy (non-hydrogen) atoms. The largest absolute Gasteiger partial charge is 0.352 e. The molecule has 0 amide bonds. The van der Waals surface area contributed by atoms with Gasteiger partial charge in [0.05, 0.1) is 6.17 Å². The van der Waals surface area contributed by atoms with Crippen LogP contribution >= 0.6 is 0 Å². The van der Waals surface area contributed by atoms with Crippen LogP contribution in [0.4, 0.5) is 5.69 Å². The highest BCUT2D eigenvalue weighted by Gasteiger charge is 2.49. The lowest BCUT2D eigenvalue weighted by atomic mass is 9.91. The Balaban J connectivity index is 1.80. The van der Waals surface area contributed by atoms with E-state index in [4.69, 9.17) is 4.11 Å². The van der Waals surface area contributed by atoms with E-state index in [0.717, 1.165) is 18.5 Å². The fraction of sp³-hybridized carbons (Fsp3) is 0.727. The monoisotopic (exact) mass is 329 g/mol. The highest BCUT2D eigenvalue weighted by Crippen LogP contribution is 2.44. The second kappa shape index (κ2) is 6.71. The van der Waals surface area contributed by atoms with Gasteiger partial charge < -0.3 is 4.90 Å². The molecule has 0 spiro atoms. The summed E-state index contributed by atoms with van der Waals surface area (Å²) in [5.41, 5.74) is 2.28. The van der Waals surface area contributed by atoms with E-state index in [9.17, 15) is 0 Å². The lowest BCUT2D eigenvalue weighted by Crippen LogP contribution is -2.47. The van der Waals surface area contributed by atoms with Gasteiger partial charge in [-0.25, -0.2) is 0 Å². The topological polar surface area (TPSA) is 6.48 Å². The Morgan fingerprint density at radius 1 is 1.00 bits per heavy atom. The summed E-state index contributed by atoms with van der Waals surface area (Å²) >= 11 is 0. The third-order valence-electron chi connectivity index (χ3n) is 6.85. The fourth-order valence-electron chi connectivity index (χ4n) is 5.73. The molecule has 3 aliphatic rings. The molecular weight excluding hydrogens is 292 g/mol. The molecule has 1 heterocycles. The van der Waals surface area contributed by atoms with Crippen LogP contribution in [-0.4, -0.2) is 29.2 Å². The Kier molecular flexibility index (Phi) is 3.69. The molecule has 1 aliphatic heterocycles.